The monoisotopic (exact) mass is 389 g/mol. The minimum atomic E-state index is 0.0187. The lowest BCUT2D eigenvalue weighted by Crippen LogP contribution is -2.03. The summed E-state index contributed by atoms with van der Waals surface area (Å²) in [7, 11) is 3.12. The first-order valence-corrected chi connectivity index (χ1v) is 9.86. The highest BCUT2D eigenvalue weighted by molar-refractivity contribution is 8.01. The molecule has 5 nitrogen and oxygen atoms in total. The van der Waals surface area contributed by atoms with Gasteiger partial charge in [-0.1, -0.05) is 11.8 Å². The van der Waals surface area contributed by atoms with Gasteiger partial charge in [0.2, 0.25) is 0 Å². The van der Waals surface area contributed by atoms with Gasteiger partial charge in [-0.3, -0.25) is 4.79 Å². The summed E-state index contributed by atoms with van der Waals surface area (Å²) in [4.78, 5) is 17.0. The molecule has 0 atom stereocenters. The number of methoxy groups -OCH3 is 2. The van der Waals surface area contributed by atoms with Gasteiger partial charge >= 0.3 is 0 Å². The molecule has 2 aromatic carbocycles. The van der Waals surface area contributed by atoms with Crippen LogP contribution in [0.5, 0.6) is 17.2 Å². The minimum Gasteiger partial charge on any atom is -0.494 e. The number of aromatic nitrogens is 1. The van der Waals surface area contributed by atoms with E-state index >= 15 is 0 Å². The van der Waals surface area contributed by atoms with Crippen molar-refractivity contribution in [2.45, 2.75) is 11.3 Å². The molecule has 3 rings (SSSR count). The fourth-order valence-corrected chi connectivity index (χ4v) is 4.41. The Morgan fingerprint density at radius 1 is 1.12 bits per heavy atom. The van der Waals surface area contributed by atoms with Crippen LogP contribution in [-0.2, 0) is 0 Å². The van der Waals surface area contributed by atoms with Crippen LogP contribution in [0, 0.1) is 0 Å². The van der Waals surface area contributed by atoms with Gasteiger partial charge in [0.05, 0.1) is 36.8 Å². The Bertz CT molecular complexity index is 923. The molecule has 0 saturated heterocycles. The van der Waals surface area contributed by atoms with Crippen LogP contribution >= 0.6 is 23.1 Å². The van der Waals surface area contributed by atoms with E-state index in [-0.39, 0.29) is 5.78 Å². The Hall–Kier alpha value is -2.25. The number of hydrogen-bond donors (Lipinski definition) is 0. The van der Waals surface area contributed by atoms with E-state index in [1.165, 1.54) is 11.8 Å². The van der Waals surface area contributed by atoms with Gasteiger partial charge in [-0.15, -0.1) is 11.3 Å². The molecule has 0 fully saturated rings. The van der Waals surface area contributed by atoms with Gasteiger partial charge in [0.15, 0.2) is 21.6 Å². The molecule has 26 heavy (non-hydrogen) atoms. The number of ketones is 1. The fourth-order valence-electron chi connectivity index (χ4n) is 2.42. The number of thioether (sulfide) groups is 1. The number of carbonyl (C=O) groups is 1. The van der Waals surface area contributed by atoms with Crippen molar-refractivity contribution in [3.63, 3.8) is 0 Å². The molecular formula is C19H19NO4S2. The first kappa shape index (κ1) is 18.5. The van der Waals surface area contributed by atoms with E-state index < -0.39 is 0 Å². The summed E-state index contributed by atoms with van der Waals surface area (Å²) < 4.78 is 17.9. The number of Topliss-reactive ketones (excluding diaryl/α,β-unsaturated/α-hetero) is 1. The molecule has 136 valence electrons. The SMILES string of the molecule is CCOc1ccc2nc(SCC(=O)c3ccc(OC)c(OC)c3)sc2c1. The van der Waals surface area contributed by atoms with E-state index in [1.54, 1.807) is 43.8 Å². The van der Waals surface area contributed by atoms with E-state index in [4.69, 9.17) is 14.2 Å². The summed E-state index contributed by atoms with van der Waals surface area (Å²) in [5, 5.41) is 0. The smallest absolute Gasteiger partial charge is 0.173 e. The molecule has 0 unspecified atom stereocenters. The average molecular weight is 389 g/mol. The van der Waals surface area contributed by atoms with Crippen LogP contribution in [0.25, 0.3) is 10.2 Å². The number of ether oxygens (including phenoxy) is 3. The summed E-state index contributed by atoms with van der Waals surface area (Å²) >= 11 is 3.00. The summed E-state index contributed by atoms with van der Waals surface area (Å²) in [6.45, 7) is 2.59. The molecular weight excluding hydrogens is 370 g/mol. The summed E-state index contributed by atoms with van der Waals surface area (Å²) in [6.07, 6.45) is 0. The molecule has 0 aliphatic heterocycles. The summed E-state index contributed by atoms with van der Waals surface area (Å²) in [5.74, 6) is 2.32. The van der Waals surface area contributed by atoms with E-state index in [0.717, 1.165) is 20.3 Å². The van der Waals surface area contributed by atoms with Gasteiger partial charge in [0, 0.05) is 5.56 Å². The molecule has 0 aliphatic rings. The molecule has 0 radical (unpaired) electrons. The van der Waals surface area contributed by atoms with Gasteiger partial charge in [-0.25, -0.2) is 4.98 Å². The zero-order chi connectivity index (χ0) is 18.5. The van der Waals surface area contributed by atoms with Crippen LogP contribution in [0.2, 0.25) is 0 Å². The summed E-state index contributed by atoms with van der Waals surface area (Å²) in [6, 6.07) is 11.0. The minimum absolute atomic E-state index is 0.0187. The lowest BCUT2D eigenvalue weighted by atomic mass is 10.1. The van der Waals surface area contributed by atoms with E-state index in [0.29, 0.717) is 29.4 Å². The standard InChI is InChI=1S/C19H19NO4S2/c1-4-24-13-6-7-14-18(10-13)26-19(20-14)25-11-15(21)12-5-8-16(22-2)17(9-12)23-3/h5-10H,4,11H2,1-3H3. The van der Waals surface area contributed by atoms with Gasteiger partial charge in [0.1, 0.15) is 5.75 Å². The molecule has 0 spiro atoms. The van der Waals surface area contributed by atoms with Crippen LogP contribution in [0.4, 0.5) is 0 Å². The van der Waals surface area contributed by atoms with Gasteiger partial charge < -0.3 is 14.2 Å². The predicted octanol–water partition coefficient (Wildman–Crippen LogP) is 4.69. The fraction of sp³-hybridized carbons (Fsp3) is 0.263. The van der Waals surface area contributed by atoms with Crippen LogP contribution < -0.4 is 14.2 Å². The molecule has 3 aromatic rings. The van der Waals surface area contributed by atoms with Crippen molar-refractivity contribution >= 4 is 39.1 Å². The number of nitrogens with zero attached hydrogens (tertiary/aromatic N) is 1. The average Bonchev–Trinajstić information content (AvgIpc) is 3.08. The first-order chi connectivity index (χ1) is 12.6. The van der Waals surface area contributed by atoms with Crippen LogP contribution in [0.15, 0.2) is 40.7 Å². The van der Waals surface area contributed by atoms with Crippen molar-refractivity contribution < 1.29 is 19.0 Å². The van der Waals surface area contributed by atoms with Crippen molar-refractivity contribution in [3.05, 3.63) is 42.0 Å². The topological polar surface area (TPSA) is 57.7 Å². The van der Waals surface area contributed by atoms with E-state index in [1.807, 2.05) is 25.1 Å². The van der Waals surface area contributed by atoms with Crippen molar-refractivity contribution in [3.8, 4) is 17.2 Å². The largest absolute Gasteiger partial charge is 0.494 e. The Balaban J connectivity index is 1.70. The second-order valence-electron chi connectivity index (χ2n) is 5.32. The normalized spacial score (nSPS) is 10.7. The number of thiazole rings is 1. The van der Waals surface area contributed by atoms with Crippen molar-refractivity contribution in [1.29, 1.82) is 0 Å². The van der Waals surface area contributed by atoms with Gasteiger partial charge in [-0.05, 0) is 43.3 Å². The zero-order valence-electron chi connectivity index (χ0n) is 14.8. The third-order valence-corrected chi connectivity index (χ3v) is 5.84. The first-order valence-electron chi connectivity index (χ1n) is 8.06. The van der Waals surface area contributed by atoms with Crippen LogP contribution in [0.1, 0.15) is 17.3 Å². The van der Waals surface area contributed by atoms with E-state index in [9.17, 15) is 4.79 Å². The highest BCUT2D eigenvalue weighted by Crippen LogP contribution is 2.33. The Kier molecular flexibility index (Phi) is 6.00. The molecule has 0 saturated carbocycles. The number of fused-ring (bicyclic) bond motifs is 1. The third kappa shape index (κ3) is 4.11. The third-order valence-electron chi connectivity index (χ3n) is 3.68. The highest BCUT2D eigenvalue weighted by atomic mass is 32.2. The zero-order valence-corrected chi connectivity index (χ0v) is 16.4. The van der Waals surface area contributed by atoms with Gasteiger partial charge in [-0.2, -0.15) is 0 Å². The molecule has 0 bridgehead atoms. The molecule has 7 heteroatoms. The highest BCUT2D eigenvalue weighted by Gasteiger charge is 2.13. The maximum atomic E-state index is 12.5. The second-order valence-corrected chi connectivity index (χ2v) is 7.58. The lowest BCUT2D eigenvalue weighted by Gasteiger charge is -2.08. The van der Waals surface area contributed by atoms with Gasteiger partial charge in [0.25, 0.3) is 0 Å². The Morgan fingerprint density at radius 2 is 1.92 bits per heavy atom. The molecule has 1 heterocycles. The summed E-state index contributed by atoms with van der Waals surface area (Å²) in [5.41, 5.74) is 1.51. The molecule has 0 amide bonds. The van der Waals surface area contributed by atoms with Crippen LogP contribution in [0.3, 0.4) is 0 Å². The maximum Gasteiger partial charge on any atom is 0.173 e. The molecule has 0 aliphatic carbocycles. The van der Waals surface area contributed by atoms with E-state index in [2.05, 4.69) is 4.98 Å². The van der Waals surface area contributed by atoms with Crippen molar-refractivity contribution in [1.82, 2.24) is 4.98 Å². The Morgan fingerprint density at radius 3 is 2.65 bits per heavy atom. The molecule has 1 aromatic heterocycles. The van der Waals surface area contributed by atoms with Crippen LogP contribution in [-0.4, -0.2) is 37.3 Å². The number of hydrogen-bond acceptors (Lipinski definition) is 7. The quantitative estimate of drug-likeness (QED) is 0.412. The van der Waals surface area contributed by atoms with Crippen molar-refractivity contribution in [2.24, 2.45) is 0 Å². The predicted molar refractivity (Wildman–Crippen MR) is 105 cm³/mol. The lowest BCUT2D eigenvalue weighted by molar-refractivity contribution is 0.102. The van der Waals surface area contributed by atoms with Crippen molar-refractivity contribution in [2.75, 3.05) is 26.6 Å². The Labute approximate surface area is 160 Å². The molecule has 0 N–H and O–H groups in total. The number of rotatable bonds is 8. The number of benzene rings is 2. The maximum absolute atomic E-state index is 12.5. The second kappa shape index (κ2) is 8.42. The number of carbonyl (C=O) groups excluding carboxylic acids is 1.